The highest BCUT2D eigenvalue weighted by molar-refractivity contribution is 9.10. The monoisotopic (exact) mass is 283 g/mol. The summed E-state index contributed by atoms with van der Waals surface area (Å²) in [5.74, 6) is 0. The van der Waals surface area contributed by atoms with E-state index in [0.29, 0.717) is 0 Å². The van der Waals surface area contributed by atoms with Crippen LogP contribution in [0, 0.1) is 0 Å². The molecule has 2 N–H and O–H groups in total. The van der Waals surface area contributed by atoms with Crippen molar-refractivity contribution in [1.82, 2.24) is 5.32 Å². The SMILES string of the molecule is OC1(Cc2ccccc2Br)CCCNCC1. The molecule has 0 aromatic heterocycles. The third-order valence-electron chi connectivity index (χ3n) is 3.24. The second-order valence-electron chi connectivity index (χ2n) is 4.60. The largest absolute Gasteiger partial charge is 0.389 e. The van der Waals surface area contributed by atoms with Crippen LogP contribution in [0.25, 0.3) is 0 Å². The molecule has 0 radical (unpaired) electrons. The minimum atomic E-state index is -0.534. The Morgan fingerprint density at radius 1 is 1.25 bits per heavy atom. The standard InChI is InChI=1S/C13H18BrNO/c14-12-5-2-1-4-11(12)10-13(16)6-3-8-15-9-7-13/h1-2,4-5,15-16H,3,6-10H2. The lowest BCUT2D eigenvalue weighted by atomic mass is 9.88. The zero-order valence-corrected chi connectivity index (χ0v) is 11.0. The zero-order valence-electron chi connectivity index (χ0n) is 9.38. The lowest BCUT2D eigenvalue weighted by molar-refractivity contribution is 0.0283. The Hall–Kier alpha value is -0.380. The molecule has 0 spiro atoms. The van der Waals surface area contributed by atoms with Gasteiger partial charge >= 0.3 is 0 Å². The second-order valence-corrected chi connectivity index (χ2v) is 5.45. The number of nitrogens with one attached hydrogen (secondary N) is 1. The molecule has 1 saturated heterocycles. The molecule has 1 aliphatic rings. The Morgan fingerprint density at radius 2 is 2.06 bits per heavy atom. The van der Waals surface area contributed by atoms with Crippen molar-refractivity contribution in [2.45, 2.75) is 31.3 Å². The van der Waals surface area contributed by atoms with Crippen LogP contribution in [0.1, 0.15) is 24.8 Å². The van der Waals surface area contributed by atoms with Crippen molar-refractivity contribution in [2.75, 3.05) is 13.1 Å². The van der Waals surface area contributed by atoms with Gasteiger partial charge in [-0.15, -0.1) is 0 Å². The molecule has 16 heavy (non-hydrogen) atoms. The average Bonchev–Trinajstić information content (AvgIpc) is 2.47. The van der Waals surface area contributed by atoms with Gasteiger partial charge in [0.1, 0.15) is 0 Å². The minimum Gasteiger partial charge on any atom is -0.389 e. The average molecular weight is 284 g/mol. The topological polar surface area (TPSA) is 32.3 Å². The zero-order chi connectivity index (χ0) is 11.4. The summed E-state index contributed by atoms with van der Waals surface area (Å²) < 4.78 is 1.10. The molecule has 1 fully saturated rings. The smallest absolute Gasteiger partial charge is 0.0700 e. The van der Waals surface area contributed by atoms with Crippen LogP contribution in [0.5, 0.6) is 0 Å². The van der Waals surface area contributed by atoms with Crippen LogP contribution in [0.4, 0.5) is 0 Å². The molecule has 1 aromatic rings. The Kier molecular flexibility index (Phi) is 4.00. The van der Waals surface area contributed by atoms with Crippen LogP contribution in [0.3, 0.4) is 0 Å². The number of hydrogen-bond donors (Lipinski definition) is 2. The quantitative estimate of drug-likeness (QED) is 0.874. The van der Waals surface area contributed by atoms with Crippen molar-refractivity contribution in [1.29, 1.82) is 0 Å². The molecule has 0 bridgehead atoms. The summed E-state index contributed by atoms with van der Waals surface area (Å²) in [6.45, 7) is 1.94. The molecule has 2 rings (SSSR count). The van der Waals surface area contributed by atoms with E-state index in [4.69, 9.17) is 0 Å². The van der Waals surface area contributed by atoms with Crippen molar-refractivity contribution >= 4 is 15.9 Å². The van der Waals surface area contributed by atoms with Crippen LogP contribution in [0.2, 0.25) is 0 Å². The maximum absolute atomic E-state index is 10.6. The molecule has 88 valence electrons. The lowest BCUT2D eigenvalue weighted by Gasteiger charge is -2.26. The molecule has 0 aliphatic carbocycles. The van der Waals surface area contributed by atoms with Crippen LogP contribution in [0.15, 0.2) is 28.7 Å². The van der Waals surface area contributed by atoms with Gasteiger partial charge in [-0.2, -0.15) is 0 Å². The number of hydrogen-bond acceptors (Lipinski definition) is 2. The van der Waals surface area contributed by atoms with Crippen LogP contribution in [-0.2, 0) is 6.42 Å². The molecule has 1 heterocycles. The molecular formula is C13H18BrNO. The van der Waals surface area contributed by atoms with Gasteiger partial charge in [0.15, 0.2) is 0 Å². The fourth-order valence-corrected chi connectivity index (χ4v) is 2.71. The highest BCUT2D eigenvalue weighted by Crippen LogP contribution is 2.27. The molecular weight excluding hydrogens is 266 g/mol. The lowest BCUT2D eigenvalue weighted by Crippen LogP contribution is -2.32. The summed E-state index contributed by atoms with van der Waals surface area (Å²) in [4.78, 5) is 0. The van der Waals surface area contributed by atoms with E-state index in [1.54, 1.807) is 0 Å². The van der Waals surface area contributed by atoms with Gasteiger partial charge in [-0.25, -0.2) is 0 Å². The van der Waals surface area contributed by atoms with Gasteiger partial charge in [0.05, 0.1) is 5.60 Å². The second kappa shape index (κ2) is 5.30. The van der Waals surface area contributed by atoms with E-state index < -0.39 is 5.60 Å². The van der Waals surface area contributed by atoms with E-state index in [0.717, 1.165) is 43.2 Å². The fourth-order valence-electron chi connectivity index (χ4n) is 2.29. The number of aliphatic hydroxyl groups is 1. The fraction of sp³-hybridized carbons (Fsp3) is 0.538. The predicted octanol–water partition coefficient (Wildman–Crippen LogP) is 2.50. The Morgan fingerprint density at radius 3 is 2.88 bits per heavy atom. The summed E-state index contributed by atoms with van der Waals surface area (Å²) in [5.41, 5.74) is 0.666. The first-order valence-corrected chi connectivity index (χ1v) is 6.65. The highest BCUT2D eigenvalue weighted by atomic mass is 79.9. The van der Waals surface area contributed by atoms with Gasteiger partial charge < -0.3 is 10.4 Å². The first-order valence-electron chi connectivity index (χ1n) is 5.86. The van der Waals surface area contributed by atoms with Crippen molar-refractivity contribution < 1.29 is 5.11 Å². The molecule has 0 amide bonds. The molecule has 1 atom stereocenters. The molecule has 1 unspecified atom stereocenters. The van der Waals surface area contributed by atoms with Crippen LogP contribution in [-0.4, -0.2) is 23.8 Å². The van der Waals surface area contributed by atoms with Gasteiger partial charge in [-0.05, 0) is 44.0 Å². The summed E-state index contributed by atoms with van der Waals surface area (Å²) >= 11 is 3.54. The first kappa shape index (κ1) is 12.1. The van der Waals surface area contributed by atoms with Crippen molar-refractivity contribution in [3.05, 3.63) is 34.3 Å². The predicted molar refractivity (Wildman–Crippen MR) is 69.5 cm³/mol. The highest BCUT2D eigenvalue weighted by Gasteiger charge is 2.28. The maximum atomic E-state index is 10.6. The minimum absolute atomic E-state index is 0.534. The van der Waals surface area contributed by atoms with E-state index in [1.165, 1.54) is 5.56 Å². The van der Waals surface area contributed by atoms with Crippen LogP contribution < -0.4 is 5.32 Å². The van der Waals surface area contributed by atoms with Gasteiger partial charge in [0.25, 0.3) is 0 Å². The summed E-state index contributed by atoms with van der Waals surface area (Å²) in [6.07, 6.45) is 3.53. The number of halogens is 1. The van der Waals surface area contributed by atoms with Crippen molar-refractivity contribution in [3.8, 4) is 0 Å². The van der Waals surface area contributed by atoms with Crippen LogP contribution >= 0.6 is 15.9 Å². The Balaban J connectivity index is 2.10. The Bertz CT molecular complexity index is 346. The molecule has 3 heteroatoms. The van der Waals surface area contributed by atoms with E-state index in [2.05, 4.69) is 27.3 Å². The van der Waals surface area contributed by atoms with Gasteiger partial charge in [-0.1, -0.05) is 34.1 Å². The van der Waals surface area contributed by atoms with Gasteiger partial charge in [0.2, 0.25) is 0 Å². The van der Waals surface area contributed by atoms with Crippen molar-refractivity contribution in [2.24, 2.45) is 0 Å². The van der Waals surface area contributed by atoms with E-state index in [1.807, 2.05) is 18.2 Å². The molecule has 2 nitrogen and oxygen atoms in total. The summed E-state index contributed by atoms with van der Waals surface area (Å²) in [5, 5.41) is 13.9. The van der Waals surface area contributed by atoms with E-state index in [9.17, 15) is 5.11 Å². The van der Waals surface area contributed by atoms with E-state index >= 15 is 0 Å². The number of benzene rings is 1. The van der Waals surface area contributed by atoms with Crippen molar-refractivity contribution in [3.63, 3.8) is 0 Å². The molecule has 1 aromatic carbocycles. The first-order chi connectivity index (χ1) is 7.70. The van der Waals surface area contributed by atoms with E-state index in [-0.39, 0.29) is 0 Å². The normalized spacial score (nSPS) is 26.4. The summed E-state index contributed by atoms with van der Waals surface area (Å²) in [7, 11) is 0. The summed E-state index contributed by atoms with van der Waals surface area (Å²) in [6, 6.07) is 8.15. The third-order valence-corrected chi connectivity index (χ3v) is 4.01. The van der Waals surface area contributed by atoms with Gasteiger partial charge in [-0.3, -0.25) is 0 Å². The third kappa shape index (κ3) is 3.06. The Labute approximate surface area is 105 Å². The van der Waals surface area contributed by atoms with Gasteiger partial charge in [0, 0.05) is 10.9 Å². The molecule has 0 saturated carbocycles. The maximum Gasteiger partial charge on any atom is 0.0700 e. The number of rotatable bonds is 2. The molecule has 1 aliphatic heterocycles.